The topological polar surface area (TPSA) is 258 Å². The minimum atomic E-state index is -4.25. The van der Waals surface area contributed by atoms with E-state index in [4.69, 9.17) is 50.8 Å². The first-order chi connectivity index (χ1) is 21.9. The number of imidazole rings is 2. The third-order valence-corrected chi connectivity index (χ3v) is 9.40. The lowest BCUT2D eigenvalue weighted by Gasteiger charge is -2.29. The van der Waals surface area contributed by atoms with Crippen LogP contribution in [0.4, 0.5) is 20.4 Å². The molecule has 7 N–H and O–H groups in total. The lowest BCUT2D eigenvalue weighted by Crippen LogP contribution is -2.34. The molecule has 0 radical (unpaired) electrons. The molecular weight excluding hydrogens is 677 g/mol. The summed E-state index contributed by atoms with van der Waals surface area (Å²) in [5.41, 5.74) is 17.1. The molecule has 7 heterocycles. The van der Waals surface area contributed by atoms with Gasteiger partial charge >= 0.3 is 6.72 Å². The van der Waals surface area contributed by atoms with Crippen LogP contribution in [0.5, 0.6) is 0 Å². The van der Waals surface area contributed by atoms with E-state index in [0.717, 1.165) is 0 Å². The Bertz CT molecular complexity index is 1840. The summed E-state index contributed by atoms with van der Waals surface area (Å²) in [5.74, 6) is 0.154. The Morgan fingerprint density at radius 2 is 1.39 bits per heavy atom. The molecule has 3 saturated heterocycles. The van der Waals surface area contributed by atoms with E-state index in [-0.39, 0.29) is 34.0 Å². The van der Waals surface area contributed by atoms with Gasteiger partial charge in [-0.1, -0.05) is 0 Å². The molecule has 19 nitrogen and oxygen atoms in total. The zero-order valence-corrected chi connectivity index (χ0v) is 25.6. The van der Waals surface area contributed by atoms with Crippen LogP contribution >= 0.6 is 14.2 Å². The fourth-order valence-electron chi connectivity index (χ4n) is 5.07. The molecule has 46 heavy (non-hydrogen) atoms. The SMILES string of the molecule is CN.[BH3-]P1(=O)OC[C@H]2O[C@@H](n3cnc4c(N)ncnc43)[C@H](F)[C@@H]2OP(O)(=S)OC[C@H]2O[C@@H](n3cnc4c(N)ncnc43)[C@H](O1)[C@@H]2F. The number of hydrogen-bond donors (Lipinski definition) is 4. The summed E-state index contributed by atoms with van der Waals surface area (Å²) in [4.78, 5) is 35.3. The average molecular weight is 706 g/mol. The Kier molecular flexibility index (Phi) is 9.11. The van der Waals surface area contributed by atoms with Crippen LogP contribution in [0.25, 0.3) is 22.3 Å². The second-order valence-corrected chi connectivity index (χ2v) is 13.3. The van der Waals surface area contributed by atoms with E-state index in [1.165, 1.54) is 41.5 Å². The van der Waals surface area contributed by atoms with Crippen molar-refractivity contribution in [2.45, 2.75) is 49.2 Å². The van der Waals surface area contributed by atoms with Crippen molar-refractivity contribution in [1.29, 1.82) is 0 Å². The second kappa shape index (κ2) is 12.7. The van der Waals surface area contributed by atoms with Crippen molar-refractivity contribution in [2.75, 3.05) is 31.7 Å². The minimum Gasteiger partial charge on any atom is -0.382 e. The number of fused-ring (bicyclic) bond motifs is 5. The standard InChI is InChI=1S/C20H24BF2N10O8P2S.CH5N/c21-42(34)36-2-8-13(10(23)19(39-8)32-5-30-11-15(24)26-3-28-17(11)32)41-43(35,44)37-1-7-9(22)14(40-42)20(38-7)33-6-31-12-16(25)27-4-29-18(12)33;1-2/h3-10,13-14,19-20H,1-2H2,21H3,(H,35,44)(H2,24,26,28)(H2,25,27,29);2H2,1H3/q-1;/t7-,8-,9-,10-,13-,14-,19-,20-,42?,43?;/m1./s1. The summed E-state index contributed by atoms with van der Waals surface area (Å²) < 4.78 is 82.6. The molecule has 0 aliphatic carbocycles. The van der Waals surface area contributed by atoms with E-state index < -0.39 is 84.2 Å². The predicted octanol–water partition coefficient (Wildman–Crippen LogP) is -0.616. The normalized spacial score (nSPS) is 36.7. The van der Waals surface area contributed by atoms with Gasteiger partial charge in [0.05, 0.1) is 33.4 Å². The van der Waals surface area contributed by atoms with Crippen LogP contribution in [0.1, 0.15) is 12.5 Å². The van der Waals surface area contributed by atoms with Gasteiger partial charge in [-0.05, 0) is 18.9 Å². The summed E-state index contributed by atoms with van der Waals surface area (Å²) >= 11 is 5.16. The first-order valence-corrected chi connectivity index (χ1v) is 16.8. The van der Waals surface area contributed by atoms with Crippen LogP contribution < -0.4 is 17.2 Å². The fourth-order valence-corrected chi connectivity index (χ4v) is 7.26. The molecule has 3 aliphatic heterocycles. The predicted molar refractivity (Wildman–Crippen MR) is 163 cm³/mol. The van der Waals surface area contributed by atoms with E-state index in [1.54, 1.807) is 0 Å². The number of aromatic nitrogens is 8. The molecule has 4 aromatic heterocycles. The number of nitrogens with zero attached hydrogens (tertiary/aromatic N) is 8. The number of nitrogen functional groups attached to an aromatic ring is 2. The maximum absolute atomic E-state index is 16.0. The van der Waals surface area contributed by atoms with Crippen molar-refractivity contribution >= 4 is 67.5 Å². The third-order valence-electron chi connectivity index (χ3n) is 7.06. The van der Waals surface area contributed by atoms with E-state index in [0.29, 0.717) is 0 Å². The van der Waals surface area contributed by atoms with Gasteiger partial charge in [-0.3, -0.25) is 13.7 Å². The second-order valence-electron chi connectivity index (χ2n) is 9.61. The molecule has 0 spiro atoms. The Labute approximate surface area is 264 Å². The molecule has 4 aromatic rings. The lowest BCUT2D eigenvalue weighted by molar-refractivity contribution is -0.0580. The largest absolute Gasteiger partial charge is 0.382 e. The number of anilines is 2. The molecule has 7 rings (SSSR count). The van der Waals surface area contributed by atoms with Crippen molar-refractivity contribution in [3.63, 3.8) is 0 Å². The smallest absolute Gasteiger partial charge is 0.325 e. The number of rotatable bonds is 2. The lowest BCUT2D eigenvalue weighted by atomic mass is 10.1. The van der Waals surface area contributed by atoms with Crippen molar-refractivity contribution < 1.29 is 45.8 Å². The summed E-state index contributed by atoms with van der Waals surface area (Å²) in [6, 6.07) is 0. The molecule has 0 amide bonds. The number of halogens is 2. The van der Waals surface area contributed by atoms with Gasteiger partial charge in [-0.2, -0.15) is 0 Å². The highest BCUT2D eigenvalue weighted by Gasteiger charge is 2.53. The highest BCUT2D eigenvalue weighted by atomic mass is 32.5. The monoisotopic (exact) mass is 706 g/mol. The minimum absolute atomic E-state index is 0.0717. The van der Waals surface area contributed by atoms with Gasteiger partial charge in [0.2, 0.25) is 0 Å². The first kappa shape index (κ1) is 33.1. The van der Waals surface area contributed by atoms with Crippen molar-refractivity contribution in [3.05, 3.63) is 25.3 Å². The summed E-state index contributed by atoms with van der Waals surface area (Å²) in [6.45, 7) is -5.37. The van der Waals surface area contributed by atoms with Gasteiger partial charge in [0.1, 0.15) is 55.6 Å². The Morgan fingerprint density at radius 1 is 0.848 bits per heavy atom. The Balaban J connectivity index is 0.00000182. The molecule has 10 atom stereocenters. The third kappa shape index (κ3) is 6.01. The quantitative estimate of drug-likeness (QED) is 0.150. The average Bonchev–Trinajstić information content (AvgIpc) is 3.78. The molecule has 250 valence electrons. The van der Waals surface area contributed by atoms with E-state index in [9.17, 15) is 9.46 Å². The molecule has 2 bridgehead atoms. The molecule has 0 aromatic carbocycles. The van der Waals surface area contributed by atoms with Crippen LogP contribution in [0.2, 0.25) is 0 Å². The van der Waals surface area contributed by atoms with Crippen LogP contribution in [0.3, 0.4) is 0 Å². The van der Waals surface area contributed by atoms with Crippen molar-refractivity contribution in [3.8, 4) is 0 Å². The first-order valence-electron chi connectivity index (χ1n) is 13.1. The maximum atomic E-state index is 16.0. The van der Waals surface area contributed by atoms with Crippen LogP contribution in [0.15, 0.2) is 25.3 Å². The van der Waals surface area contributed by atoms with E-state index >= 15 is 8.78 Å². The number of hydrogen-bond acceptors (Lipinski definition) is 17. The van der Waals surface area contributed by atoms with E-state index in [2.05, 4.69) is 35.6 Å². The molecule has 2 unspecified atom stereocenters. The zero-order chi connectivity index (χ0) is 33.0. The zero-order valence-electron chi connectivity index (χ0n) is 23.0. The van der Waals surface area contributed by atoms with Crippen LogP contribution in [-0.4, -0.2) is 109 Å². The van der Waals surface area contributed by atoms with Crippen LogP contribution in [-0.2, 0) is 43.9 Å². The van der Waals surface area contributed by atoms with Gasteiger partial charge in [0.15, 0.2) is 47.7 Å². The number of alkyl halides is 2. The van der Waals surface area contributed by atoms with Crippen molar-refractivity contribution in [1.82, 2.24) is 39.0 Å². The maximum Gasteiger partial charge on any atom is 0.325 e. The van der Waals surface area contributed by atoms with Crippen molar-refractivity contribution in [2.24, 2.45) is 5.73 Å². The van der Waals surface area contributed by atoms with Gasteiger partial charge in [-0.15, -0.1) is 0 Å². The van der Waals surface area contributed by atoms with Gasteiger partial charge in [0.25, 0.3) is 0 Å². The fraction of sp³-hybridized carbons (Fsp3) is 0.524. The summed E-state index contributed by atoms with van der Waals surface area (Å²) in [6.07, 6.45) is -7.26. The molecule has 0 saturated carbocycles. The molecule has 25 heteroatoms. The van der Waals surface area contributed by atoms with Gasteiger partial charge in [-0.25, -0.2) is 38.7 Å². The number of ether oxygens (including phenoxy) is 2. The van der Waals surface area contributed by atoms with E-state index in [1.807, 2.05) is 0 Å². The molecule has 3 aliphatic rings. The Morgan fingerprint density at radius 3 is 2.00 bits per heavy atom. The highest BCUT2D eigenvalue weighted by Crippen LogP contribution is 2.54. The molecule has 3 fully saturated rings. The highest BCUT2D eigenvalue weighted by molar-refractivity contribution is 8.07. The summed E-state index contributed by atoms with van der Waals surface area (Å²) in [7, 11) is -3.64. The Hall–Kier alpha value is -2.82. The number of nitrogens with two attached hydrogens (primary N) is 3. The van der Waals surface area contributed by atoms with Gasteiger partial charge < -0.3 is 49.7 Å². The van der Waals surface area contributed by atoms with Gasteiger partial charge in [0, 0.05) is 0 Å². The summed E-state index contributed by atoms with van der Waals surface area (Å²) in [5, 5.41) is 0. The molecular formula is C21H29BF2N11O8P2S-. The van der Waals surface area contributed by atoms with Crippen LogP contribution in [0, 0.1) is 0 Å².